The molecule has 178 valence electrons. The number of para-hydroxylation sites is 1. The fraction of sp³-hybridized carbons (Fsp3) is 0.231. The quantitative estimate of drug-likeness (QED) is 0.568. The summed E-state index contributed by atoms with van der Waals surface area (Å²) in [6.07, 6.45) is 0.410. The summed E-state index contributed by atoms with van der Waals surface area (Å²) in [4.78, 5) is 27.8. The third kappa shape index (κ3) is 3.22. The minimum atomic E-state index is -0.999. The second-order valence-electron chi connectivity index (χ2n) is 8.60. The van der Waals surface area contributed by atoms with E-state index in [-0.39, 0.29) is 31.4 Å². The van der Waals surface area contributed by atoms with Crippen LogP contribution in [0.5, 0.6) is 17.2 Å². The van der Waals surface area contributed by atoms with Gasteiger partial charge < -0.3 is 24.4 Å². The number of halogens is 2. The summed E-state index contributed by atoms with van der Waals surface area (Å²) < 4.78 is 44.2. The molecule has 9 heteroatoms. The fourth-order valence-corrected chi connectivity index (χ4v) is 4.99. The lowest BCUT2D eigenvalue weighted by molar-refractivity contribution is -0.122. The average molecular weight is 478 g/mol. The highest BCUT2D eigenvalue weighted by molar-refractivity contribution is 6.11. The molecule has 3 aromatic rings. The molecule has 0 saturated carbocycles. The highest BCUT2D eigenvalue weighted by Gasteiger charge is 2.57. The van der Waals surface area contributed by atoms with E-state index in [0.29, 0.717) is 30.2 Å². The molecule has 0 aromatic heterocycles. The van der Waals surface area contributed by atoms with Crippen molar-refractivity contribution in [1.29, 1.82) is 0 Å². The molecule has 0 fully saturated rings. The van der Waals surface area contributed by atoms with E-state index in [1.54, 1.807) is 11.0 Å². The maximum atomic E-state index is 13.9. The standard InChI is InChI=1S/C26H20F2N2O5/c27-15-6-7-19(28)16(10-15)24(31)29-8-3-9-30-20-5-2-1-4-17(20)26(25(30)32)13-33-21-12-23-22(11-18(21)26)34-14-35-23/h1-2,4-7,10-12H,3,8-9,13-14H2,(H,29,31). The summed E-state index contributed by atoms with van der Waals surface area (Å²) in [6.45, 7) is 0.781. The van der Waals surface area contributed by atoms with Gasteiger partial charge in [0.2, 0.25) is 12.7 Å². The van der Waals surface area contributed by atoms with Crippen LogP contribution in [0.1, 0.15) is 27.9 Å². The van der Waals surface area contributed by atoms with Crippen LogP contribution in [0.15, 0.2) is 54.6 Å². The summed E-state index contributed by atoms with van der Waals surface area (Å²) in [5, 5.41) is 2.60. The Labute approximate surface area is 199 Å². The number of nitrogens with one attached hydrogen (secondary N) is 1. The van der Waals surface area contributed by atoms with E-state index < -0.39 is 23.0 Å². The van der Waals surface area contributed by atoms with Crippen molar-refractivity contribution < 1.29 is 32.6 Å². The first-order chi connectivity index (χ1) is 17.0. The predicted molar refractivity (Wildman–Crippen MR) is 121 cm³/mol. The van der Waals surface area contributed by atoms with E-state index in [1.165, 1.54) is 0 Å². The molecule has 1 unspecified atom stereocenters. The van der Waals surface area contributed by atoms with Crippen LogP contribution in [-0.2, 0) is 10.2 Å². The first kappa shape index (κ1) is 21.4. The van der Waals surface area contributed by atoms with Crippen molar-refractivity contribution in [3.8, 4) is 17.2 Å². The Balaban J connectivity index is 1.22. The van der Waals surface area contributed by atoms with Gasteiger partial charge in [0.15, 0.2) is 11.5 Å². The molecular weight excluding hydrogens is 458 g/mol. The van der Waals surface area contributed by atoms with Crippen LogP contribution in [0.4, 0.5) is 14.5 Å². The minimum absolute atomic E-state index is 0.118. The Morgan fingerprint density at radius 3 is 2.63 bits per heavy atom. The van der Waals surface area contributed by atoms with Gasteiger partial charge in [0.25, 0.3) is 5.91 Å². The summed E-state index contributed by atoms with van der Waals surface area (Å²) in [5.41, 5.74) is 0.991. The third-order valence-corrected chi connectivity index (χ3v) is 6.66. The van der Waals surface area contributed by atoms with Crippen LogP contribution in [0.25, 0.3) is 0 Å². The van der Waals surface area contributed by atoms with Gasteiger partial charge in [-0.3, -0.25) is 9.59 Å². The van der Waals surface area contributed by atoms with Gasteiger partial charge in [0, 0.05) is 30.4 Å². The Morgan fingerprint density at radius 1 is 0.971 bits per heavy atom. The number of rotatable bonds is 5. The molecule has 1 atom stereocenters. The van der Waals surface area contributed by atoms with Crippen molar-refractivity contribution in [2.45, 2.75) is 11.8 Å². The van der Waals surface area contributed by atoms with Gasteiger partial charge in [0.05, 0.1) is 5.56 Å². The highest BCUT2D eigenvalue weighted by Crippen LogP contribution is 2.54. The Hall–Kier alpha value is -4.14. The number of carbonyl (C=O) groups excluding carboxylic acids is 2. The number of hydrogen-bond acceptors (Lipinski definition) is 5. The van der Waals surface area contributed by atoms with E-state index in [9.17, 15) is 18.4 Å². The largest absolute Gasteiger partial charge is 0.491 e. The number of benzene rings is 3. The van der Waals surface area contributed by atoms with E-state index >= 15 is 0 Å². The Kier molecular flexibility index (Phi) is 4.87. The van der Waals surface area contributed by atoms with E-state index in [1.807, 2.05) is 30.3 Å². The smallest absolute Gasteiger partial charge is 0.254 e. The molecule has 0 saturated heterocycles. The summed E-state index contributed by atoms with van der Waals surface area (Å²) >= 11 is 0. The van der Waals surface area contributed by atoms with Crippen molar-refractivity contribution >= 4 is 17.5 Å². The Bertz CT molecular complexity index is 1380. The molecule has 0 bridgehead atoms. The zero-order valence-electron chi connectivity index (χ0n) is 18.5. The molecule has 1 spiro atoms. The molecule has 3 aliphatic heterocycles. The molecule has 1 N–H and O–H groups in total. The zero-order valence-corrected chi connectivity index (χ0v) is 18.5. The number of amides is 2. The van der Waals surface area contributed by atoms with Crippen molar-refractivity contribution in [2.75, 3.05) is 31.4 Å². The van der Waals surface area contributed by atoms with Crippen LogP contribution >= 0.6 is 0 Å². The van der Waals surface area contributed by atoms with Crippen LogP contribution in [-0.4, -0.2) is 38.3 Å². The highest BCUT2D eigenvalue weighted by atomic mass is 19.1. The molecule has 6 rings (SSSR count). The van der Waals surface area contributed by atoms with Crippen molar-refractivity contribution in [1.82, 2.24) is 5.32 Å². The fourth-order valence-electron chi connectivity index (χ4n) is 4.99. The van der Waals surface area contributed by atoms with Gasteiger partial charge in [-0.2, -0.15) is 0 Å². The molecule has 2 amide bonds. The van der Waals surface area contributed by atoms with Crippen molar-refractivity contribution in [3.63, 3.8) is 0 Å². The molecule has 0 radical (unpaired) electrons. The molecule has 3 aliphatic rings. The van der Waals surface area contributed by atoms with Crippen LogP contribution < -0.4 is 24.4 Å². The molecule has 35 heavy (non-hydrogen) atoms. The van der Waals surface area contributed by atoms with Crippen LogP contribution in [0, 0.1) is 11.6 Å². The van der Waals surface area contributed by atoms with E-state index in [4.69, 9.17) is 14.2 Å². The number of fused-ring (bicyclic) bond motifs is 5. The van der Waals surface area contributed by atoms with Crippen LogP contribution in [0.3, 0.4) is 0 Å². The molecule has 3 heterocycles. The lowest BCUT2D eigenvalue weighted by atomic mass is 9.77. The minimum Gasteiger partial charge on any atom is -0.491 e. The molecule has 7 nitrogen and oxygen atoms in total. The van der Waals surface area contributed by atoms with Gasteiger partial charge in [0.1, 0.15) is 29.4 Å². The van der Waals surface area contributed by atoms with E-state index in [0.717, 1.165) is 35.0 Å². The Morgan fingerprint density at radius 2 is 1.77 bits per heavy atom. The number of nitrogens with zero attached hydrogens (tertiary/aromatic N) is 1. The third-order valence-electron chi connectivity index (χ3n) is 6.66. The van der Waals surface area contributed by atoms with Gasteiger partial charge in [-0.05, 0) is 42.3 Å². The molecule has 3 aromatic carbocycles. The number of hydrogen-bond donors (Lipinski definition) is 1. The summed E-state index contributed by atoms with van der Waals surface area (Å²) in [5.74, 6) is -0.576. The zero-order chi connectivity index (χ0) is 24.2. The van der Waals surface area contributed by atoms with Crippen molar-refractivity contribution in [2.24, 2.45) is 0 Å². The topological polar surface area (TPSA) is 77.1 Å². The second-order valence-corrected chi connectivity index (χ2v) is 8.60. The first-order valence-electron chi connectivity index (χ1n) is 11.2. The van der Waals surface area contributed by atoms with Gasteiger partial charge in [-0.15, -0.1) is 0 Å². The normalized spacial score (nSPS) is 19.0. The van der Waals surface area contributed by atoms with Gasteiger partial charge in [-0.1, -0.05) is 18.2 Å². The van der Waals surface area contributed by atoms with Crippen LogP contribution in [0.2, 0.25) is 0 Å². The molecular formula is C26H20F2N2O5. The summed E-state index contributed by atoms with van der Waals surface area (Å²) in [6, 6.07) is 13.9. The van der Waals surface area contributed by atoms with Gasteiger partial charge in [-0.25, -0.2) is 8.78 Å². The SMILES string of the molecule is O=C(NCCCN1C(=O)C2(COc3cc4c(cc32)OCO4)c2ccccc21)c1cc(F)ccc1F. The lowest BCUT2D eigenvalue weighted by Gasteiger charge is -2.23. The molecule has 0 aliphatic carbocycles. The monoisotopic (exact) mass is 478 g/mol. The first-order valence-corrected chi connectivity index (χ1v) is 11.2. The van der Waals surface area contributed by atoms with Gasteiger partial charge >= 0.3 is 0 Å². The second kappa shape index (κ2) is 7.97. The van der Waals surface area contributed by atoms with Crippen molar-refractivity contribution in [3.05, 3.63) is 82.9 Å². The summed E-state index contributed by atoms with van der Waals surface area (Å²) in [7, 11) is 0. The van der Waals surface area contributed by atoms with E-state index in [2.05, 4.69) is 5.32 Å². The predicted octanol–water partition coefficient (Wildman–Crippen LogP) is 3.54. The number of carbonyl (C=O) groups is 2. The lowest BCUT2D eigenvalue weighted by Crippen LogP contribution is -2.43. The average Bonchev–Trinajstić information content (AvgIpc) is 3.54. The number of ether oxygens (including phenoxy) is 3. The maximum absolute atomic E-state index is 13.9. The number of anilines is 1. The maximum Gasteiger partial charge on any atom is 0.254 e.